The highest BCUT2D eigenvalue weighted by Gasteiger charge is 2.10. The highest BCUT2D eigenvalue weighted by molar-refractivity contribution is 5.99. The molecule has 0 fully saturated rings. The molecule has 0 aliphatic heterocycles. The summed E-state index contributed by atoms with van der Waals surface area (Å²) >= 11 is 0. The number of rotatable bonds is 5. The Hall–Kier alpha value is -2.30. The summed E-state index contributed by atoms with van der Waals surface area (Å²) < 4.78 is 4.95. The van der Waals surface area contributed by atoms with E-state index in [-0.39, 0.29) is 5.91 Å². The van der Waals surface area contributed by atoms with Crippen LogP contribution in [0.5, 0.6) is 0 Å². The van der Waals surface area contributed by atoms with E-state index in [4.69, 9.17) is 4.52 Å². The molecule has 5 nitrogen and oxygen atoms in total. The van der Waals surface area contributed by atoms with Crippen LogP contribution in [0.2, 0.25) is 0 Å². The van der Waals surface area contributed by atoms with E-state index in [1.807, 2.05) is 32.0 Å². The number of hydrogen-bond donors (Lipinski definition) is 2. The van der Waals surface area contributed by atoms with Gasteiger partial charge >= 0.3 is 0 Å². The Morgan fingerprint density at radius 1 is 1.37 bits per heavy atom. The Balaban J connectivity index is 2.03. The molecule has 0 radical (unpaired) electrons. The van der Waals surface area contributed by atoms with Crippen molar-refractivity contribution in [1.29, 1.82) is 0 Å². The van der Waals surface area contributed by atoms with Crippen molar-refractivity contribution in [3.05, 3.63) is 47.3 Å². The minimum atomic E-state index is -0.128. The number of carbonyl (C=O) groups excluding carboxylic acids is 1. The van der Waals surface area contributed by atoms with Crippen LogP contribution in [0.25, 0.3) is 0 Å². The van der Waals surface area contributed by atoms with Gasteiger partial charge in [0, 0.05) is 18.3 Å². The summed E-state index contributed by atoms with van der Waals surface area (Å²) in [5.74, 6) is 0.606. The van der Waals surface area contributed by atoms with Crippen LogP contribution < -0.4 is 10.6 Å². The van der Waals surface area contributed by atoms with Gasteiger partial charge in [-0.1, -0.05) is 17.3 Å². The molecule has 1 aromatic carbocycles. The SMILES string of the molecule is CCNc1ccccc1C(=O)NCc1cc(C)on1. The van der Waals surface area contributed by atoms with Crippen LogP contribution in [0.15, 0.2) is 34.9 Å². The molecule has 0 saturated carbocycles. The predicted molar refractivity (Wildman–Crippen MR) is 73.0 cm³/mol. The monoisotopic (exact) mass is 259 g/mol. The first kappa shape index (κ1) is 13.1. The molecule has 19 heavy (non-hydrogen) atoms. The van der Waals surface area contributed by atoms with Gasteiger partial charge in [-0.25, -0.2) is 0 Å². The van der Waals surface area contributed by atoms with Crippen molar-refractivity contribution in [3.63, 3.8) is 0 Å². The Labute approximate surface area is 112 Å². The largest absolute Gasteiger partial charge is 0.385 e. The van der Waals surface area contributed by atoms with Gasteiger partial charge in [0.1, 0.15) is 11.5 Å². The Kier molecular flexibility index (Phi) is 4.18. The molecule has 0 unspecified atom stereocenters. The normalized spacial score (nSPS) is 10.2. The predicted octanol–water partition coefficient (Wildman–Crippen LogP) is 2.34. The second-order valence-electron chi connectivity index (χ2n) is 4.19. The van der Waals surface area contributed by atoms with Crippen LogP contribution in [-0.4, -0.2) is 17.6 Å². The molecule has 0 aliphatic carbocycles. The third kappa shape index (κ3) is 3.34. The molecule has 5 heteroatoms. The molecule has 1 heterocycles. The first-order chi connectivity index (χ1) is 9.20. The van der Waals surface area contributed by atoms with Crippen molar-refractivity contribution >= 4 is 11.6 Å². The van der Waals surface area contributed by atoms with Gasteiger partial charge in [-0.05, 0) is 26.0 Å². The zero-order valence-corrected chi connectivity index (χ0v) is 11.1. The summed E-state index contributed by atoms with van der Waals surface area (Å²) in [6, 6.07) is 9.22. The van der Waals surface area contributed by atoms with Crippen LogP contribution in [0.3, 0.4) is 0 Å². The first-order valence-corrected chi connectivity index (χ1v) is 6.24. The molecule has 0 bridgehead atoms. The van der Waals surface area contributed by atoms with Crippen molar-refractivity contribution in [1.82, 2.24) is 10.5 Å². The van der Waals surface area contributed by atoms with E-state index >= 15 is 0 Å². The third-order valence-electron chi connectivity index (χ3n) is 2.65. The standard InChI is InChI=1S/C14H17N3O2/c1-3-15-13-7-5-4-6-12(13)14(18)16-9-11-8-10(2)19-17-11/h4-8,15H,3,9H2,1-2H3,(H,16,18). The highest BCUT2D eigenvalue weighted by atomic mass is 16.5. The summed E-state index contributed by atoms with van der Waals surface area (Å²) in [6.45, 7) is 4.94. The molecule has 0 aliphatic rings. The summed E-state index contributed by atoms with van der Waals surface area (Å²) in [6.07, 6.45) is 0. The van der Waals surface area contributed by atoms with Crippen LogP contribution in [0.4, 0.5) is 5.69 Å². The zero-order valence-electron chi connectivity index (χ0n) is 11.1. The number of hydrogen-bond acceptors (Lipinski definition) is 4. The minimum Gasteiger partial charge on any atom is -0.385 e. The second-order valence-corrected chi connectivity index (χ2v) is 4.19. The Morgan fingerprint density at radius 2 is 2.16 bits per heavy atom. The van der Waals surface area contributed by atoms with E-state index in [0.29, 0.717) is 17.8 Å². The van der Waals surface area contributed by atoms with E-state index in [2.05, 4.69) is 15.8 Å². The molecule has 1 aromatic heterocycles. The topological polar surface area (TPSA) is 67.2 Å². The van der Waals surface area contributed by atoms with Gasteiger partial charge in [-0.3, -0.25) is 4.79 Å². The Morgan fingerprint density at radius 3 is 2.84 bits per heavy atom. The van der Waals surface area contributed by atoms with E-state index in [1.54, 1.807) is 12.1 Å². The van der Waals surface area contributed by atoms with Crippen LogP contribution >= 0.6 is 0 Å². The van der Waals surface area contributed by atoms with Gasteiger partial charge in [0.15, 0.2) is 0 Å². The third-order valence-corrected chi connectivity index (χ3v) is 2.65. The number of benzene rings is 1. The van der Waals surface area contributed by atoms with Gasteiger partial charge in [0.25, 0.3) is 5.91 Å². The lowest BCUT2D eigenvalue weighted by Gasteiger charge is -2.10. The number of aryl methyl sites for hydroxylation is 1. The summed E-state index contributed by atoms with van der Waals surface area (Å²) in [4.78, 5) is 12.1. The lowest BCUT2D eigenvalue weighted by molar-refractivity contribution is 0.0951. The first-order valence-electron chi connectivity index (χ1n) is 6.24. The zero-order chi connectivity index (χ0) is 13.7. The maximum absolute atomic E-state index is 12.1. The van der Waals surface area contributed by atoms with Crippen LogP contribution in [-0.2, 0) is 6.54 Å². The van der Waals surface area contributed by atoms with Gasteiger partial charge < -0.3 is 15.2 Å². The maximum Gasteiger partial charge on any atom is 0.253 e. The van der Waals surface area contributed by atoms with Crippen LogP contribution in [0, 0.1) is 6.92 Å². The van der Waals surface area contributed by atoms with Gasteiger partial charge in [-0.2, -0.15) is 0 Å². The number of anilines is 1. The molecule has 1 amide bonds. The number of aromatic nitrogens is 1. The minimum absolute atomic E-state index is 0.128. The summed E-state index contributed by atoms with van der Waals surface area (Å²) in [5.41, 5.74) is 2.18. The summed E-state index contributed by atoms with van der Waals surface area (Å²) in [7, 11) is 0. The van der Waals surface area contributed by atoms with E-state index < -0.39 is 0 Å². The maximum atomic E-state index is 12.1. The average Bonchev–Trinajstić information content (AvgIpc) is 2.83. The van der Waals surface area contributed by atoms with Gasteiger partial charge in [0.2, 0.25) is 0 Å². The fraction of sp³-hybridized carbons (Fsp3) is 0.286. The second kappa shape index (κ2) is 6.04. The molecule has 100 valence electrons. The van der Waals surface area contributed by atoms with Crippen molar-refractivity contribution in [2.45, 2.75) is 20.4 Å². The highest BCUT2D eigenvalue weighted by Crippen LogP contribution is 2.14. The fourth-order valence-corrected chi connectivity index (χ4v) is 1.79. The molecule has 2 rings (SSSR count). The smallest absolute Gasteiger partial charge is 0.253 e. The van der Waals surface area contributed by atoms with Crippen molar-refractivity contribution in [3.8, 4) is 0 Å². The average molecular weight is 259 g/mol. The number of nitrogens with one attached hydrogen (secondary N) is 2. The van der Waals surface area contributed by atoms with E-state index in [0.717, 1.165) is 18.0 Å². The van der Waals surface area contributed by atoms with Crippen molar-refractivity contribution in [2.75, 3.05) is 11.9 Å². The van der Waals surface area contributed by atoms with Gasteiger partial charge in [-0.15, -0.1) is 0 Å². The number of para-hydroxylation sites is 1. The molecule has 0 atom stereocenters. The molecular formula is C14H17N3O2. The van der Waals surface area contributed by atoms with Gasteiger partial charge in [0.05, 0.1) is 12.1 Å². The fourth-order valence-electron chi connectivity index (χ4n) is 1.79. The van der Waals surface area contributed by atoms with Crippen molar-refractivity contribution in [2.24, 2.45) is 0 Å². The number of carbonyl (C=O) groups is 1. The Bertz CT molecular complexity index is 563. The molecule has 2 N–H and O–H groups in total. The summed E-state index contributed by atoms with van der Waals surface area (Å²) in [5, 5.41) is 9.83. The number of amides is 1. The van der Waals surface area contributed by atoms with E-state index in [9.17, 15) is 4.79 Å². The van der Waals surface area contributed by atoms with Crippen molar-refractivity contribution < 1.29 is 9.32 Å². The van der Waals surface area contributed by atoms with Crippen LogP contribution in [0.1, 0.15) is 28.7 Å². The van der Waals surface area contributed by atoms with E-state index in [1.165, 1.54) is 0 Å². The lowest BCUT2D eigenvalue weighted by Crippen LogP contribution is -2.24. The number of nitrogens with zero attached hydrogens (tertiary/aromatic N) is 1. The quantitative estimate of drug-likeness (QED) is 0.865. The lowest BCUT2D eigenvalue weighted by atomic mass is 10.1. The molecule has 0 saturated heterocycles. The molecule has 0 spiro atoms. The molecule has 2 aromatic rings. The molecular weight excluding hydrogens is 242 g/mol.